The first-order chi connectivity index (χ1) is 9.49. The highest BCUT2D eigenvalue weighted by Crippen LogP contribution is 2.20. The zero-order valence-corrected chi connectivity index (χ0v) is 12.1. The Morgan fingerprint density at radius 1 is 1.35 bits per heavy atom. The van der Waals surface area contributed by atoms with Gasteiger partial charge in [-0.2, -0.15) is 0 Å². The minimum absolute atomic E-state index is 0.0102. The summed E-state index contributed by atoms with van der Waals surface area (Å²) < 4.78 is 0. The lowest BCUT2D eigenvalue weighted by Gasteiger charge is -2.27. The molecule has 1 N–H and O–H groups in total. The number of ketones is 1. The van der Waals surface area contributed by atoms with E-state index in [1.807, 2.05) is 6.08 Å². The third kappa shape index (κ3) is 3.07. The van der Waals surface area contributed by atoms with Gasteiger partial charge in [0.2, 0.25) is 0 Å². The van der Waals surface area contributed by atoms with Crippen molar-refractivity contribution >= 4 is 17.5 Å². The SMILES string of the molecule is CC(=O)c1cccc(NC(=O)N2CC=C[C@@H]2C(C)C)c1. The minimum atomic E-state index is -0.130. The van der Waals surface area contributed by atoms with E-state index in [2.05, 4.69) is 25.2 Å². The number of rotatable bonds is 3. The Morgan fingerprint density at radius 2 is 2.10 bits per heavy atom. The lowest BCUT2D eigenvalue weighted by molar-refractivity contribution is 0.101. The normalized spacial score (nSPS) is 17.6. The molecule has 1 heterocycles. The Kier molecular flexibility index (Phi) is 4.23. The highest BCUT2D eigenvalue weighted by Gasteiger charge is 2.26. The number of hydrogen-bond donors (Lipinski definition) is 1. The van der Waals surface area contributed by atoms with Crippen LogP contribution in [0.25, 0.3) is 0 Å². The predicted octanol–water partition coefficient (Wildman–Crippen LogP) is 3.32. The Labute approximate surface area is 119 Å². The molecule has 0 saturated heterocycles. The van der Waals surface area contributed by atoms with E-state index in [0.29, 0.717) is 23.7 Å². The quantitative estimate of drug-likeness (QED) is 0.678. The molecule has 106 valence electrons. The van der Waals surface area contributed by atoms with Gasteiger partial charge in [0.15, 0.2) is 5.78 Å². The molecule has 0 bridgehead atoms. The second-order valence-corrected chi connectivity index (χ2v) is 5.38. The molecule has 2 rings (SSSR count). The average molecular weight is 272 g/mol. The van der Waals surface area contributed by atoms with Gasteiger partial charge in [0.05, 0.1) is 6.04 Å². The molecule has 0 aromatic heterocycles. The van der Waals surface area contributed by atoms with Gasteiger partial charge in [-0.3, -0.25) is 4.79 Å². The number of Topliss-reactive ketones (excluding diaryl/α,β-unsaturated/α-hetero) is 1. The molecule has 1 atom stereocenters. The first kappa shape index (κ1) is 14.3. The Morgan fingerprint density at radius 3 is 2.75 bits per heavy atom. The number of carbonyl (C=O) groups is 2. The maximum absolute atomic E-state index is 12.3. The van der Waals surface area contributed by atoms with Crippen molar-refractivity contribution in [3.63, 3.8) is 0 Å². The zero-order chi connectivity index (χ0) is 14.7. The van der Waals surface area contributed by atoms with Crippen molar-refractivity contribution < 1.29 is 9.59 Å². The van der Waals surface area contributed by atoms with Gasteiger partial charge < -0.3 is 10.2 Å². The van der Waals surface area contributed by atoms with Crippen molar-refractivity contribution in [2.45, 2.75) is 26.8 Å². The molecule has 1 aliphatic heterocycles. The molecule has 2 amide bonds. The fraction of sp³-hybridized carbons (Fsp3) is 0.375. The Hall–Kier alpha value is -2.10. The van der Waals surface area contributed by atoms with Crippen LogP contribution in [0.5, 0.6) is 0 Å². The molecular weight excluding hydrogens is 252 g/mol. The lowest BCUT2D eigenvalue weighted by Crippen LogP contribution is -2.41. The van der Waals surface area contributed by atoms with Crippen molar-refractivity contribution in [3.8, 4) is 0 Å². The molecule has 0 aliphatic carbocycles. The van der Waals surface area contributed by atoms with Gasteiger partial charge in [-0.05, 0) is 25.0 Å². The zero-order valence-electron chi connectivity index (χ0n) is 12.1. The van der Waals surface area contributed by atoms with E-state index in [-0.39, 0.29) is 17.9 Å². The van der Waals surface area contributed by atoms with E-state index in [1.54, 1.807) is 29.2 Å². The summed E-state index contributed by atoms with van der Waals surface area (Å²) in [5.41, 5.74) is 1.25. The van der Waals surface area contributed by atoms with Gasteiger partial charge in [-0.25, -0.2) is 4.79 Å². The molecule has 1 aromatic carbocycles. The number of urea groups is 1. The summed E-state index contributed by atoms with van der Waals surface area (Å²) in [4.78, 5) is 25.4. The highest BCUT2D eigenvalue weighted by atomic mass is 16.2. The molecule has 0 saturated carbocycles. The van der Waals surface area contributed by atoms with Gasteiger partial charge >= 0.3 is 6.03 Å². The summed E-state index contributed by atoms with van der Waals surface area (Å²) in [7, 11) is 0. The standard InChI is InChI=1S/C16H20N2O2/c1-11(2)15-8-5-9-18(15)16(20)17-14-7-4-6-13(10-14)12(3)19/h4-8,10-11,15H,9H2,1-3H3,(H,17,20)/t15-/m1/s1. The van der Waals surface area contributed by atoms with Crippen molar-refractivity contribution in [2.75, 3.05) is 11.9 Å². The van der Waals surface area contributed by atoms with Crippen LogP contribution in [-0.2, 0) is 0 Å². The summed E-state index contributed by atoms with van der Waals surface area (Å²) >= 11 is 0. The summed E-state index contributed by atoms with van der Waals surface area (Å²) in [6.07, 6.45) is 4.08. The molecule has 0 unspecified atom stereocenters. The summed E-state index contributed by atoms with van der Waals surface area (Å²) in [5.74, 6) is 0.368. The van der Waals surface area contributed by atoms with E-state index in [1.165, 1.54) is 6.92 Å². The molecule has 4 nitrogen and oxygen atoms in total. The number of nitrogens with zero attached hydrogens (tertiary/aromatic N) is 1. The van der Waals surface area contributed by atoms with E-state index in [9.17, 15) is 9.59 Å². The van der Waals surface area contributed by atoms with Crippen molar-refractivity contribution in [1.82, 2.24) is 4.90 Å². The summed E-state index contributed by atoms with van der Waals surface area (Å²) in [6.45, 7) is 6.33. The van der Waals surface area contributed by atoms with Crippen LogP contribution in [-0.4, -0.2) is 29.3 Å². The number of amides is 2. The fourth-order valence-corrected chi connectivity index (χ4v) is 2.35. The molecule has 0 fully saturated rings. The van der Waals surface area contributed by atoms with Crippen LogP contribution >= 0.6 is 0 Å². The van der Waals surface area contributed by atoms with E-state index in [4.69, 9.17) is 0 Å². The van der Waals surface area contributed by atoms with E-state index < -0.39 is 0 Å². The first-order valence-electron chi connectivity index (χ1n) is 6.84. The minimum Gasteiger partial charge on any atom is -0.314 e. The molecule has 1 aromatic rings. The van der Waals surface area contributed by atoms with Gasteiger partial charge in [0, 0.05) is 17.8 Å². The van der Waals surface area contributed by atoms with Crippen LogP contribution in [0.2, 0.25) is 0 Å². The van der Waals surface area contributed by atoms with Crippen molar-refractivity contribution in [2.24, 2.45) is 5.92 Å². The largest absolute Gasteiger partial charge is 0.322 e. The third-order valence-corrected chi connectivity index (χ3v) is 3.46. The number of benzene rings is 1. The van der Waals surface area contributed by atoms with E-state index >= 15 is 0 Å². The second kappa shape index (κ2) is 5.90. The lowest BCUT2D eigenvalue weighted by atomic mass is 10.1. The average Bonchev–Trinajstić information content (AvgIpc) is 2.88. The maximum Gasteiger partial charge on any atom is 0.322 e. The van der Waals surface area contributed by atoms with Crippen LogP contribution in [0.1, 0.15) is 31.1 Å². The number of hydrogen-bond acceptors (Lipinski definition) is 2. The van der Waals surface area contributed by atoms with Crippen molar-refractivity contribution in [1.29, 1.82) is 0 Å². The molecule has 20 heavy (non-hydrogen) atoms. The van der Waals surface area contributed by atoms with Gasteiger partial charge in [0.25, 0.3) is 0 Å². The molecule has 0 radical (unpaired) electrons. The molecule has 0 spiro atoms. The highest BCUT2D eigenvalue weighted by molar-refractivity contribution is 5.96. The Balaban J connectivity index is 2.08. The second-order valence-electron chi connectivity index (χ2n) is 5.38. The van der Waals surface area contributed by atoms with Crippen LogP contribution in [0.3, 0.4) is 0 Å². The topological polar surface area (TPSA) is 49.4 Å². The maximum atomic E-state index is 12.3. The number of anilines is 1. The summed E-state index contributed by atoms with van der Waals surface area (Å²) in [6, 6.07) is 7.01. The number of nitrogens with one attached hydrogen (secondary N) is 1. The van der Waals surface area contributed by atoms with Crippen LogP contribution in [0.15, 0.2) is 36.4 Å². The molecular formula is C16H20N2O2. The van der Waals surface area contributed by atoms with Gasteiger partial charge in [-0.1, -0.05) is 38.1 Å². The predicted molar refractivity (Wildman–Crippen MR) is 79.9 cm³/mol. The Bertz CT molecular complexity index is 549. The summed E-state index contributed by atoms with van der Waals surface area (Å²) in [5, 5.41) is 2.86. The number of carbonyl (C=O) groups excluding carboxylic acids is 2. The first-order valence-corrected chi connectivity index (χ1v) is 6.84. The van der Waals surface area contributed by atoms with Crippen LogP contribution in [0, 0.1) is 5.92 Å². The van der Waals surface area contributed by atoms with Crippen LogP contribution in [0.4, 0.5) is 10.5 Å². The molecule has 1 aliphatic rings. The van der Waals surface area contributed by atoms with Gasteiger partial charge in [0.1, 0.15) is 0 Å². The van der Waals surface area contributed by atoms with Crippen LogP contribution < -0.4 is 5.32 Å². The molecule has 4 heteroatoms. The smallest absolute Gasteiger partial charge is 0.314 e. The van der Waals surface area contributed by atoms with E-state index in [0.717, 1.165) is 0 Å². The third-order valence-electron chi connectivity index (χ3n) is 3.46. The monoisotopic (exact) mass is 272 g/mol. The van der Waals surface area contributed by atoms with Gasteiger partial charge in [-0.15, -0.1) is 0 Å². The van der Waals surface area contributed by atoms with Crippen molar-refractivity contribution in [3.05, 3.63) is 42.0 Å². The fourth-order valence-electron chi connectivity index (χ4n) is 2.35.